The van der Waals surface area contributed by atoms with Crippen molar-refractivity contribution in [2.75, 3.05) is 33.2 Å². The molecule has 0 aromatic carbocycles. The van der Waals surface area contributed by atoms with E-state index in [4.69, 9.17) is 0 Å². The van der Waals surface area contributed by atoms with E-state index in [0.29, 0.717) is 12.0 Å². The Morgan fingerprint density at radius 3 is 2.44 bits per heavy atom. The normalized spacial score (nSPS) is 33.7. The standard InChI is InChI=1S/C20H31N3O2/c1-5-23-18(25)21(4)17(24)20(23)8-10-22(11-9-20)13-14-6-7-15-12-16(14)19(15,2)3/h6,15-16H,5,7-13H2,1-4H3/t15-,16-/m0/s1. The maximum atomic E-state index is 12.7. The Morgan fingerprint density at radius 2 is 1.88 bits per heavy atom. The lowest BCUT2D eigenvalue weighted by Crippen LogP contribution is -2.57. The average Bonchev–Trinajstić information content (AvgIpc) is 2.78. The number of rotatable bonds is 3. The van der Waals surface area contributed by atoms with Crippen molar-refractivity contribution >= 4 is 11.9 Å². The van der Waals surface area contributed by atoms with E-state index in [1.165, 1.54) is 17.7 Å². The van der Waals surface area contributed by atoms with Crippen molar-refractivity contribution in [2.45, 2.75) is 52.0 Å². The quantitative estimate of drug-likeness (QED) is 0.583. The number of amides is 3. The number of hydrogen-bond acceptors (Lipinski definition) is 3. The highest BCUT2D eigenvalue weighted by Crippen LogP contribution is 2.59. The highest BCUT2D eigenvalue weighted by Gasteiger charge is 2.56. The molecule has 3 fully saturated rings. The van der Waals surface area contributed by atoms with Gasteiger partial charge in [0.1, 0.15) is 5.54 Å². The van der Waals surface area contributed by atoms with Crippen LogP contribution in [0.4, 0.5) is 4.79 Å². The molecule has 0 aromatic rings. The third-order valence-corrected chi connectivity index (χ3v) is 7.73. The summed E-state index contributed by atoms with van der Waals surface area (Å²) in [5, 5.41) is 0. The van der Waals surface area contributed by atoms with Gasteiger partial charge in [-0.15, -0.1) is 0 Å². The summed E-state index contributed by atoms with van der Waals surface area (Å²) in [7, 11) is 1.62. The molecule has 2 heterocycles. The Hall–Kier alpha value is -1.36. The third-order valence-electron chi connectivity index (χ3n) is 7.73. The predicted molar refractivity (Wildman–Crippen MR) is 97.0 cm³/mol. The fraction of sp³-hybridized carbons (Fsp3) is 0.800. The predicted octanol–water partition coefficient (Wildman–Crippen LogP) is 2.73. The van der Waals surface area contributed by atoms with Crippen LogP contribution >= 0.6 is 0 Å². The van der Waals surface area contributed by atoms with Crippen LogP contribution in [0.15, 0.2) is 11.6 Å². The van der Waals surface area contributed by atoms with Gasteiger partial charge in [0.15, 0.2) is 0 Å². The molecule has 25 heavy (non-hydrogen) atoms. The number of likely N-dealkylation sites (tertiary alicyclic amines) is 1. The van der Waals surface area contributed by atoms with E-state index in [-0.39, 0.29) is 11.9 Å². The van der Waals surface area contributed by atoms with Gasteiger partial charge in [-0.25, -0.2) is 4.79 Å². The Labute approximate surface area is 151 Å². The molecule has 0 unspecified atom stereocenters. The molecule has 2 bridgehead atoms. The minimum atomic E-state index is -0.584. The second kappa shape index (κ2) is 5.57. The van der Waals surface area contributed by atoms with Crippen LogP contribution < -0.4 is 0 Å². The molecule has 5 heteroatoms. The minimum absolute atomic E-state index is 0.00106. The SMILES string of the molecule is CCN1C(=O)N(C)C(=O)C12CCN(CC1=CC[C@H]3C[C@@H]1C3(C)C)CC2. The van der Waals surface area contributed by atoms with E-state index < -0.39 is 5.54 Å². The van der Waals surface area contributed by atoms with E-state index >= 15 is 0 Å². The lowest BCUT2D eigenvalue weighted by Gasteiger charge is -2.57. The second-order valence-corrected chi connectivity index (χ2v) is 9.02. The first-order valence-electron chi connectivity index (χ1n) is 9.82. The minimum Gasteiger partial charge on any atom is -0.310 e. The summed E-state index contributed by atoms with van der Waals surface area (Å²) in [5.41, 5.74) is 1.50. The van der Waals surface area contributed by atoms with Crippen molar-refractivity contribution in [3.05, 3.63) is 11.6 Å². The summed E-state index contributed by atoms with van der Waals surface area (Å²) in [5.74, 6) is 1.62. The maximum Gasteiger partial charge on any atom is 0.327 e. The largest absolute Gasteiger partial charge is 0.327 e. The fourth-order valence-corrected chi connectivity index (χ4v) is 5.80. The number of carbonyl (C=O) groups is 2. The molecular formula is C20H31N3O2. The third kappa shape index (κ3) is 2.24. The number of nitrogens with zero attached hydrogens (tertiary/aromatic N) is 3. The van der Waals surface area contributed by atoms with E-state index in [9.17, 15) is 9.59 Å². The van der Waals surface area contributed by atoms with Crippen LogP contribution in [-0.2, 0) is 4.79 Å². The number of piperidine rings is 1. The van der Waals surface area contributed by atoms with Crippen molar-refractivity contribution in [1.29, 1.82) is 0 Å². The number of carbonyl (C=O) groups excluding carboxylic acids is 2. The molecule has 2 atom stereocenters. The zero-order chi connectivity index (χ0) is 18.0. The van der Waals surface area contributed by atoms with Gasteiger partial charge in [-0.1, -0.05) is 25.5 Å². The lowest BCUT2D eigenvalue weighted by molar-refractivity contribution is -0.134. The highest BCUT2D eigenvalue weighted by atomic mass is 16.2. The summed E-state index contributed by atoms with van der Waals surface area (Å²) in [6.07, 6.45) is 6.60. The molecule has 138 valence electrons. The van der Waals surface area contributed by atoms with Crippen molar-refractivity contribution in [3.63, 3.8) is 0 Å². The van der Waals surface area contributed by atoms with Crippen LogP contribution in [0.5, 0.6) is 0 Å². The molecule has 5 aliphatic rings. The molecule has 0 aromatic heterocycles. The van der Waals surface area contributed by atoms with Gasteiger partial charge >= 0.3 is 6.03 Å². The molecule has 3 amide bonds. The molecule has 1 spiro atoms. The van der Waals surface area contributed by atoms with E-state index in [1.54, 1.807) is 17.5 Å². The number of likely N-dealkylation sites (N-methyl/N-ethyl adjacent to an activating group) is 2. The maximum absolute atomic E-state index is 12.7. The molecule has 0 radical (unpaired) electrons. The van der Waals surface area contributed by atoms with Gasteiger partial charge < -0.3 is 4.90 Å². The topological polar surface area (TPSA) is 43.9 Å². The van der Waals surface area contributed by atoms with Crippen LogP contribution in [0, 0.1) is 17.3 Å². The molecule has 5 rings (SSSR count). The van der Waals surface area contributed by atoms with Crippen molar-refractivity contribution in [1.82, 2.24) is 14.7 Å². The molecule has 2 saturated heterocycles. The van der Waals surface area contributed by atoms with E-state index in [0.717, 1.165) is 44.3 Å². The first-order chi connectivity index (χ1) is 11.8. The van der Waals surface area contributed by atoms with Crippen LogP contribution in [0.25, 0.3) is 0 Å². The van der Waals surface area contributed by atoms with Crippen LogP contribution in [0.2, 0.25) is 0 Å². The number of imide groups is 1. The summed E-state index contributed by atoms with van der Waals surface area (Å²) >= 11 is 0. The van der Waals surface area contributed by atoms with Gasteiger partial charge in [0.05, 0.1) is 0 Å². The molecular weight excluding hydrogens is 314 g/mol. The summed E-state index contributed by atoms with van der Waals surface area (Å²) in [4.78, 5) is 30.7. The Bertz CT molecular complexity index is 631. The monoisotopic (exact) mass is 345 g/mol. The zero-order valence-electron chi connectivity index (χ0n) is 16.0. The van der Waals surface area contributed by atoms with Gasteiger partial charge in [0, 0.05) is 33.2 Å². The molecule has 1 saturated carbocycles. The molecule has 2 aliphatic heterocycles. The first-order valence-corrected chi connectivity index (χ1v) is 9.82. The molecule has 3 aliphatic carbocycles. The van der Waals surface area contributed by atoms with Gasteiger partial charge in [-0.3, -0.25) is 14.6 Å². The van der Waals surface area contributed by atoms with Crippen molar-refractivity contribution in [3.8, 4) is 0 Å². The number of hydrogen-bond donors (Lipinski definition) is 0. The Morgan fingerprint density at radius 1 is 1.20 bits per heavy atom. The highest BCUT2D eigenvalue weighted by molar-refractivity contribution is 6.06. The Balaban J connectivity index is 1.43. The van der Waals surface area contributed by atoms with Gasteiger partial charge in [-0.2, -0.15) is 0 Å². The molecule has 5 nitrogen and oxygen atoms in total. The van der Waals surface area contributed by atoms with Crippen LogP contribution in [-0.4, -0.2) is 65.4 Å². The van der Waals surface area contributed by atoms with Crippen molar-refractivity contribution in [2.24, 2.45) is 17.3 Å². The number of allylic oxidation sites excluding steroid dienone is 1. The fourth-order valence-electron chi connectivity index (χ4n) is 5.80. The zero-order valence-corrected chi connectivity index (χ0v) is 16.0. The number of fused-ring (bicyclic) bond motifs is 1. The summed E-state index contributed by atoms with van der Waals surface area (Å²) in [6.45, 7) is 10.3. The van der Waals surface area contributed by atoms with Crippen LogP contribution in [0.3, 0.4) is 0 Å². The van der Waals surface area contributed by atoms with E-state index in [2.05, 4.69) is 24.8 Å². The lowest BCUT2D eigenvalue weighted by atomic mass is 9.49. The van der Waals surface area contributed by atoms with Gasteiger partial charge in [0.2, 0.25) is 0 Å². The average molecular weight is 345 g/mol. The van der Waals surface area contributed by atoms with Crippen molar-refractivity contribution < 1.29 is 9.59 Å². The van der Waals surface area contributed by atoms with Gasteiger partial charge in [0.25, 0.3) is 5.91 Å². The summed E-state index contributed by atoms with van der Waals surface area (Å²) in [6, 6.07) is -0.127. The van der Waals surface area contributed by atoms with E-state index in [1.807, 2.05) is 6.92 Å². The molecule has 0 N–H and O–H groups in total. The summed E-state index contributed by atoms with van der Waals surface area (Å²) < 4.78 is 0. The van der Waals surface area contributed by atoms with Crippen LogP contribution in [0.1, 0.15) is 46.5 Å². The second-order valence-electron chi connectivity index (χ2n) is 9.02. The first kappa shape index (κ1) is 17.1. The Kier molecular flexibility index (Phi) is 3.80. The van der Waals surface area contributed by atoms with Gasteiger partial charge in [-0.05, 0) is 49.9 Å². The number of urea groups is 1. The smallest absolute Gasteiger partial charge is 0.310 e.